The van der Waals surface area contributed by atoms with Crippen molar-refractivity contribution in [2.24, 2.45) is 0 Å². The van der Waals surface area contributed by atoms with Crippen molar-refractivity contribution in [1.29, 1.82) is 0 Å². The molecule has 8 nitrogen and oxygen atoms in total. The number of hydrogen-bond donors (Lipinski definition) is 2. The topological polar surface area (TPSA) is 113 Å². The Morgan fingerprint density at radius 3 is 1.86 bits per heavy atom. The van der Waals surface area contributed by atoms with Gasteiger partial charge in [0.05, 0.1) is 25.5 Å². The van der Waals surface area contributed by atoms with Crippen LogP contribution in [0.15, 0.2) is 76.5 Å². The van der Waals surface area contributed by atoms with Gasteiger partial charge >= 0.3 is 0 Å². The third-order valence-corrected chi connectivity index (χ3v) is 9.96. The van der Waals surface area contributed by atoms with E-state index < -0.39 is 26.0 Å². The molecule has 0 atom stereocenters. The summed E-state index contributed by atoms with van der Waals surface area (Å²) in [6.45, 7) is 0.999. The molecule has 0 unspecified atom stereocenters. The van der Waals surface area contributed by atoms with E-state index in [0.29, 0.717) is 23.8 Å². The van der Waals surface area contributed by atoms with Crippen molar-refractivity contribution in [3.63, 3.8) is 0 Å². The van der Waals surface area contributed by atoms with E-state index in [1.54, 1.807) is 0 Å². The zero-order valence-corrected chi connectivity index (χ0v) is 22.8. The summed E-state index contributed by atoms with van der Waals surface area (Å²) in [6, 6.07) is 15.8. The average Bonchev–Trinajstić information content (AvgIpc) is 3.17. The highest BCUT2D eigenvalue weighted by Gasteiger charge is 2.25. The van der Waals surface area contributed by atoms with Gasteiger partial charge in [-0.2, -0.15) is 4.31 Å². The lowest BCUT2D eigenvalue weighted by atomic mass is 10.2. The molecular weight excluding hydrogens is 557 g/mol. The monoisotopic (exact) mass is 581 g/mol. The van der Waals surface area contributed by atoms with Gasteiger partial charge in [-0.3, -0.25) is 9.52 Å². The van der Waals surface area contributed by atoms with Crippen molar-refractivity contribution in [2.75, 3.05) is 23.1 Å². The first-order chi connectivity index (χ1) is 17.6. The maximum Gasteiger partial charge on any atom is 0.261 e. The van der Waals surface area contributed by atoms with E-state index in [1.165, 1.54) is 71.0 Å². The van der Waals surface area contributed by atoms with Gasteiger partial charge in [0.15, 0.2) is 0 Å². The van der Waals surface area contributed by atoms with E-state index in [2.05, 4.69) is 10.0 Å². The summed E-state index contributed by atoms with van der Waals surface area (Å²) < 4.78 is 55.1. The molecule has 1 heterocycles. The zero-order chi connectivity index (χ0) is 26.6. The third kappa shape index (κ3) is 6.63. The molecule has 0 aliphatic carbocycles. The van der Waals surface area contributed by atoms with Gasteiger partial charge < -0.3 is 5.32 Å². The molecule has 1 aliphatic rings. The first-order valence-electron chi connectivity index (χ1n) is 11.6. The van der Waals surface area contributed by atoms with E-state index >= 15 is 0 Å². The maximum atomic E-state index is 12.9. The molecule has 12 heteroatoms. The van der Waals surface area contributed by atoms with E-state index in [-0.39, 0.29) is 26.1 Å². The van der Waals surface area contributed by atoms with Crippen LogP contribution in [0.5, 0.6) is 0 Å². The Kier molecular flexibility index (Phi) is 8.45. The number of carbonyl (C=O) groups is 1. The molecule has 0 bridgehead atoms. The molecular formula is C25H25Cl2N3O5S2. The summed E-state index contributed by atoms with van der Waals surface area (Å²) >= 11 is 11.8. The highest BCUT2D eigenvalue weighted by Crippen LogP contribution is 2.27. The lowest BCUT2D eigenvalue weighted by molar-refractivity contribution is 0.102. The Labute approximate surface area is 226 Å². The number of benzene rings is 3. The second-order valence-electron chi connectivity index (χ2n) is 8.56. The highest BCUT2D eigenvalue weighted by atomic mass is 35.5. The first kappa shape index (κ1) is 27.4. The number of carbonyl (C=O) groups excluding carboxylic acids is 1. The summed E-state index contributed by atoms with van der Waals surface area (Å²) in [7, 11) is -7.50. The molecule has 0 saturated carbocycles. The third-order valence-electron chi connectivity index (χ3n) is 5.91. The molecule has 0 radical (unpaired) electrons. The van der Waals surface area contributed by atoms with Gasteiger partial charge in [-0.05, 0) is 79.6 Å². The van der Waals surface area contributed by atoms with Crippen LogP contribution in [0.1, 0.15) is 36.0 Å². The second kappa shape index (κ2) is 11.4. The fourth-order valence-corrected chi connectivity index (χ4v) is 6.77. The minimum atomic E-state index is -3.90. The quantitative estimate of drug-likeness (QED) is 0.376. The Bertz CT molecular complexity index is 1490. The lowest BCUT2D eigenvalue weighted by Crippen LogP contribution is -2.31. The molecule has 37 heavy (non-hydrogen) atoms. The number of hydrogen-bond acceptors (Lipinski definition) is 5. The molecule has 1 saturated heterocycles. The normalized spacial score (nSPS) is 15.1. The van der Waals surface area contributed by atoms with Crippen molar-refractivity contribution in [3.8, 4) is 0 Å². The highest BCUT2D eigenvalue weighted by molar-refractivity contribution is 7.92. The van der Waals surface area contributed by atoms with Gasteiger partial charge in [-0.15, -0.1) is 0 Å². The predicted molar refractivity (Wildman–Crippen MR) is 145 cm³/mol. The molecule has 196 valence electrons. The smallest absolute Gasteiger partial charge is 0.261 e. The summed E-state index contributed by atoms with van der Waals surface area (Å²) in [6.07, 6.45) is 3.72. The Hall–Kier alpha value is -2.63. The predicted octanol–water partition coefficient (Wildman–Crippen LogP) is 5.61. The van der Waals surface area contributed by atoms with Crippen LogP contribution in [0.3, 0.4) is 0 Å². The molecule has 3 aromatic rings. The van der Waals surface area contributed by atoms with Crippen LogP contribution < -0.4 is 10.0 Å². The van der Waals surface area contributed by atoms with Crippen molar-refractivity contribution < 1.29 is 21.6 Å². The van der Waals surface area contributed by atoms with Gasteiger partial charge in [0.1, 0.15) is 0 Å². The van der Waals surface area contributed by atoms with E-state index in [4.69, 9.17) is 23.2 Å². The van der Waals surface area contributed by atoms with Crippen LogP contribution in [0.4, 0.5) is 11.4 Å². The molecule has 2 N–H and O–H groups in total. The van der Waals surface area contributed by atoms with Crippen LogP contribution in [-0.2, 0) is 20.0 Å². The van der Waals surface area contributed by atoms with Crippen LogP contribution >= 0.6 is 23.2 Å². The Morgan fingerprint density at radius 2 is 1.27 bits per heavy atom. The van der Waals surface area contributed by atoms with E-state index in [0.717, 1.165) is 25.7 Å². The standard InChI is InChI=1S/C25H25Cl2N3O5S2/c26-23-14-9-20(17-24(23)27)29-36(32,33)21-12-7-19(8-13-21)28-25(31)18-5-10-22(11-6-18)37(34,35)30-15-3-1-2-4-16-30/h5-14,17,29H,1-4,15-16H2,(H,28,31). The number of halogens is 2. The first-order valence-corrected chi connectivity index (χ1v) is 15.2. The molecule has 0 spiro atoms. The van der Waals surface area contributed by atoms with Gasteiger partial charge in [0, 0.05) is 24.3 Å². The molecule has 4 rings (SSSR count). The van der Waals surface area contributed by atoms with Crippen molar-refractivity contribution in [3.05, 3.63) is 82.3 Å². The van der Waals surface area contributed by atoms with Gasteiger partial charge in [-0.1, -0.05) is 36.0 Å². The van der Waals surface area contributed by atoms with E-state index in [9.17, 15) is 21.6 Å². The number of sulfonamides is 2. The maximum absolute atomic E-state index is 12.9. The van der Waals surface area contributed by atoms with Crippen LogP contribution in [0.25, 0.3) is 0 Å². The Morgan fingerprint density at radius 1 is 0.703 bits per heavy atom. The second-order valence-corrected chi connectivity index (χ2v) is 13.0. The van der Waals surface area contributed by atoms with Crippen LogP contribution in [-0.4, -0.2) is 40.1 Å². The summed E-state index contributed by atoms with van der Waals surface area (Å²) in [5, 5.41) is 3.20. The largest absolute Gasteiger partial charge is 0.322 e. The van der Waals surface area contributed by atoms with Gasteiger partial charge in [0.2, 0.25) is 10.0 Å². The van der Waals surface area contributed by atoms with Crippen molar-refractivity contribution in [1.82, 2.24) is 4.31 Å². The number of rotatable bonds is 7. The van der Waals surface area contributed by atoms with Crippen molar-refractivity contribution >= 4 is 60.5 Å². The fourth-order valence-electron chi connectivity index (χ4n) is 3.90. The Balaban J connectivity index is 1.41. The zero-order valence-electron chi connectivity index (χ0n) is 19.7. The number of anilines is 2. The minimum absolute atomic E-state index is 0.0142. The molecule has 1 amide bonds. The molecule has 1 aliphatic heterocycles. The van der Waals surface area contributed by atoms with Gasteiger partial charge in [0.25, 0.3) is 15.9 Å². The SMILES string of the molecule is O=C(Nc1ccc(S(=O)(=O)Nc2ccc(Cl)c(Cl)c2)cc1)c1ccc(S(=O)(=O)N2CCCCCC2)cc1. The minimum Gasteiger partial charge on any atom is -0.322 e. The fraction of sp³-hybridized carbons (Fsp3) is 0.240. The summed E-state index contributed by atoms with van der Waals surface area (Å²) in [4.78, 5) is 12.8. The van der Waals surface area contributed by atoms with Gasteiger partial charge in [-0.25, -0.2) is 16.8 Å². The average molecular weight is 583 g/mol. The van der Waals surface area contributed by atoms with Crippen molar-refractivity contribution in [2.45, 2.75) is 35.5 Å². The molecule has 1 fully saturated rings. The number of nitrogens with zero attached hydrogens (tertiary/aromatic N) is 1. The lowest BCUT2D eigenvalue weighted by Gasteiger charge is -2.20. The number of nitrogens with one attached hydrogen (secondary N) is 2. The molecule has 3 aromatic carbocycles. The molecule has 0 aromatic heterocycles. The number of amides is 1. The van der Waals surface area contributed by atoms with Crippen LogP contribution in [0.2, 0.25) is 10.0 Å². The summed E-state index contributed by atoms with van der Waals surface area (Å²) in [5.41, 5.74) is 0.903. The van der Waals surface area contributed by atoms with E-state index in [1.807, 2.05) is 0 Å². The van der Waals surface area contributed by atoms with Crippen LogP contribution in [0, 0.1) is 0 Å². The summed E-state index contributed by atoms with van der Waals surface area (Å²) in [5.74, 6) is -0.455.